The summed E-state index contributed by atoms with van der Waals surface area (Å²) in [5, 5.41) is 0. The van der Waals surface area contributed by atoms with Crippen LogP contribution in [0.25, 0.3) is 5.57 Å². The Morgan fingerprint density at radius 3 is 2.38 bits per heavy atom. The van der Waals surface area contributed by atoms with Gasteiger partial charge in [-0.3, -0.25) is 0 Å². The van der Waals surface area contributed by atoms with E-state index in [0.717, 1.165) is 44.5 Å². The SMILES string of the molecule is CC(C)(C)OC(=O)N1CCC(c2ccc(C3=CCCc4cc(OCc5ccccc5)ccc43)cc2)CC1. The van der Waals surface area contributed by atoms with E-state index < -0.39 is 5.60 Å². The summed E-state index contributed by atoms with van der Waals surface area (Å²) in [4.78, 5) is 14.2. The highest BCUT2D eigenvalue weighted by Gasteiger charge is 2.27. The molecule has 0 unspecified atom stereocenters. The molecule has 0 aromatic heterocycles. The van der Waals surface area contributed by atoms with E-state index in [4.69, 9.17) is 9.47 Å². The Hall–Kier alpha value is -3.53. The molecule has 3 aromatic rings. The molecule has 5 rings (SSSR count). The number of hydrogen-bond acceptors (Lipinski definition) is 3. The summed E-state index contributed by atoms with van der Waals surface area (Å²) in [5.74, 6) is 1.40. The van der Waals surface area contributed by atoms with Crippen LogP contribution in [0.15, 0.2) is 78.9 Å². The number of allylic oxidation sites excluding steroid dienone is 1. The first-order valence-corrected chi connectivity index (χ1v) is 13.4. The molecule has 1 aliphatic carbocycles. The quantitative estimate of drug-likeness (QED) is 0.363. The summed E-state index contributed by atoms with van der Waals surface area (Å²) in [6, 6.07) is 25.9. The van der Waals surface area contributed by atoms with E-state index in [9.17, 15) is 4.79 Å². The van der Waals surface area contributed by atoms with Gasteiger partial charge in [-0.15, -0.1) is 0 Å². The molecule has 0 radical (unpaired) electrons. The lowest BCUT2D eigenvalue weighted by Gasteiger charge is -2.33. The van der Waals surface area contributed by atoms with Crippen molar-refractivity contribution in [2.24, 2.45) is 0 Å². The molecule has 1 saturated heterocycles. The van der Waals surface area contributed by atoms with E-state index in [2.05, 4.69) is 60.7 Å². The number of piperidine rings is 1. The Balaban J connectivity index is 1.22. The highest BCUT2D eigenvalue weighted by molar-refractivity contribution is 5.83. The highest BCUT2D eigenvalue weighted by Crippen LogP contribution is 2.35. The topological polar surface area (TPSA) is 38.8 Å². The molecule has 192 valence electrons. The number of hydrogen-bond donors (Lipinski definition) is 0. The molecule has 0 saturated carbocycles. The molecule has 0 N–H and O–H groups in total. The summed E-state index contributed by atoms with van der Waals surface area (Å²) in [6.07, 6.45) is 6.18. The molecule has 0 atom stereocenters. The average molecular weight is 496 g/mol. The largest absolute Gasteiger partial charge is 0.489 e. The fourth-order valence-corrected chi connectivity index (χ4v) is 5.28. The zero-order valence-electron chi connectivity index (χ0n) is 22.2. The number of fused-ring (bicyclic) bond motifs is 1. The van der Waals surface area contributed by atoms with Crippen molar-refractivity contribution in [3.8, 4) is 5.75 Å². The molecule has 2 aliphatic rings. The van der Waals surface area contributed by atoms with Gasteiger partial charge < -0.3 is 14.4 Å². The van der Waals surface area contributed by atoms with Gasteiger partial charge in [0.05, 0.1) is 0 Å². The molecule has 1 aliphatic heterocycles. The zero-order valence-corrected chi connectivity index (χ0v) is 22.2. The van der Waals surface area contributed by atoms with E-state index in [1.165, 1.54) is 33.4 Å². The minimum Gasteiger partial charge on any atom is -0.489 e. The predicted octanol–water partition coefficient (Wildman–Crippen LogP) is 7.76. The highest BCUT2D eigenvalue weighted by atomic mass is 16.6. The van der Waals surface area contributed by atoms with Crippen molar-refractivity contribution in [3.63, 3.8) is 0 Å². The van der Waals surface area contributed by atoms with Gasteiger partial charge in [0, 0.05) is 13.1 Å². The lowest BCUT2D eigenvalue weighted by Crippen LogP contribution is -2.41. The first-order valence-electron chi connectivity index (χ1n) is 13.4. The van der Waals surface area contributed by atoms with Crippen LogP contribution in [-0.2, 0) is 17.8 Å². The van der Waals surface area contributed by atoms with Crippen LogP contribution in [0.3, 0.4) is 0 Å². The smallest absolute Gasteiger partial charge is 0.410 e. The second-order valence-electron chi connectivity index (χ2n) is 11.1. The van der Waals surface area contributed by atoms with Gasteiger partial charge in [-0.05, 0) is 97.9 Å². The Labute approximate surface area is 220 Å². The fraction of sp³-hybridized carbons (Fsp3) is 0.364. The number of amides is 1. The molecule has 3 aromatic carbocycles. The van der Waals surface area contributed by atoms with Gasteiger partial charge in [-0.1, -0.05) is 66.7 Å². The van der Waals surface area contributed by atoms with Crippen molar-refractivity contribution < 1.29 is 14.3 Å². The molecule has 0 spiro atoms. The second kappa shape index (κ2) is 10.8. The Kier molecular flexibility index (Phi) is 7.36. The lowest BCUT2D eigenvalue weighted by molar-refractivity contribution is 0.0205. The number of benzene rings is 3. The summed E-state index contributed by atoms with van der Waals surface area (Å²) in [5.41, 5.74) is 7.30. The lowest BCUT2D eigenvalue weighted by atomic mass is 9.85. The number of rotatable bonds is 5. The van der Waals surface area contributed by atoms with Crippen molar-refractivity contribution in [1.29, 1.82) is 0 Å². The van der Waals surface area contributed by atoms with E-state index in [0.29, 0.717) is 12.5 Å². The van der Waals surface area contributed by atoms with Gasteiger partial charge in [0.1, 0.15) is 18.0 Å². The molecule has 1 heterocycles. The molecular formula is C33H37NO3. The maximum Gasteiger partial charge on any atom is 0.410 e. The monoisotopic (exact) mass is 495 g/mol. The first-order chi connectivity index (χ1) is 17.9. The van der Waals surface area contributed by atoms with Gasteiger partial charge in [-0.2, -0.15) is 0 Å². The van der Waals surface area contributed by atoms with Gasteiger partial charge in [0.25, 0.3) is 0 Å². The standard InChI is InChI=1S/C33H37NO3/c1-33(2,3)37-32(35)34-20-18-26(19-21-34)25-12-14-27(15-13-25)30-11-7-10-28-22-29(16-17-31(28)30)36-23-24-8-5-4-6-9-24/h4-6,8-9,11-17,22,26H,7,10,18-21,23H2,1-3H3. The Bertz CT molecular complexity index is 1250. The summed E-state index contributed by atoms with van der Waals surface area (Å²) >= 11 is 0. The minimum absolute atomic E-state index is 0.196. The number of aryl methyl sites for hydroxylation is 1. The first kappa shape index (κ1) is 25.1. The van der Waals surface area contributed by atoms with Crippen LogP contribution in [-0.4, -0.2) is 29.7 Å². The maximum atomic E-state index is 12.4. The van der Waals surface area contributed by atoms with Crippen LogP contribution in [0.2, 0.25) is 0 Å². The summed E-state index contributed by atoms with van der Waals surface area (Å²) in [7, 11) is 0. The number of likely N-dealkylation sites (tertiary alicyclic amines) is 1. The van der Waals surface area contributed by atoms with Crippen molar-refractivity contribution >= 4 is 11.7 Å². The summed E-state index contributed by atoms with van der Waals surface area (Å²) in [6.45, 7) is 7.82. The average Bonchev–Trinajstić information content (AvgIpc) is 2.91. The summed E-state index contributed by atoms with van der Waals surface area (Å²) < 4.78 is 11.6. The third kappa shape index (κ3) is 6.25. The van der Waals surface area contributed by atoms with Gasteiger partial charge >= 0.3 is 6.09 Å². The number of ether oxygens (including phenoxy) is 2. The van der Waals surface area contributed by atoms with E-state index in [-0.39, 0.29) is 6.09 Å². The van der Waals surface area contributed by atoms with Crippen molar-refractivity contribution in [3.05, 3.63) is 107 Å². The Morgan fingerprint density at radius 2 is 1.68 bits per heavy atom. The van der Waals surface area contributed by atoms with Crippen molar-refractivity contribution in [1.82, 2.24) is 4.90 Å². The van der Waals surface area contributed by atoms with Crippen LogP contribution in [0.5, 0.6) is 5.75 Å². The van der Waals surface area contributed by atoms with Crippen LogP contribution in [0.1, 0.15) is 73.8 Å². The van der Waals surface area contributed by atoms with Gasteiger partial charge in [0.15, 0.2) is 0 Å². The van der Waals surface area contributed by atoms with Gasteiger partial charge in [0.2, 0.25) is 0 Å². The van der Waals surface area contributed by atoms with Crippen molar-refractivity contribution in [2.75, 3.05) is 13.1 Å². The normalized spacial score (nSPS) is 16.1. The van der Waals surface area contributed by atoms with Crippen molar-refractivity contribution in [2.45, 2.75) is 64.6 Å². The van der Waals surface area contributed by atoms with Gasteiger partial charge in [-0.25, -0.2) is 4.79 Å². The van der Waals surface area contributed by atoms with E-state index in [1.807, 2.05) is 43.9 Å². The van der Waals surface area contributed by atoms with Crippen LogP contribution in [0.4, 0.5) is 4.79 Å². The third-order valence-electron chi connectivity index (χ3n) is 7.22. The van der Waals surface area contributed by atoms with E-state index >= 15 is 0 Å². The molecule has 1 amide bonds. The number of nitrogens with zero attached hydrogens (tertiary/aromatic N) is 1. The molecule has 4 heteroatoms. The van der Waals surface area contributed by atoms with Crippen LogP contribution in [0, 0.1) is 0 Å². The predicted molar refractivity (Wildman–Crippen MR) is 149 cm³/mol. The fourth-order valence-electron chi connectivity index (χ4n) is 5.28. The number of carbonyl (C=O) groups is 1. The Morgan fingerprint density at radius 1 is 0.946 bits per heavy atom. The molecule has 1 fully saturated rings. The second-order valence-corrected chi connectivity index (χ2v) is 11.1. The number of carbonyl (C=O) groups excluding carboxylic acids is 1. The zero-order chi connectivity index (χ0) is 25.8. The maximum absolute atomic E-state index is 12.4. The molecule has 0 bridgehead atoms. The van der Waals surface area contributed by atoms with Crippen LogP contribution < -0.4 is 4.74 Å². The molecule has 4 nitrogen and oxygen atoms in total. The van der Waals surface area contributed by atoms with E-state index in [1.54, 1.807) is 0 Å². The minimum atomic E-state index is -0.451. The van der Waals surface area contributed by atoms with Crippen LogP contribution >= 0.6 is 0 Å². The molecule has 37 heavy (non-hydrogen) atoms. The molecular weight excluding hydrogens is 458 g/mol. The third-order valence-corrected chi connectivity index (χ3v) is 7.22.